The van der Waals surface area contributed by atoms with Crippen molar-refractivity contribution in [3.63, 3.8) is 0 Å². The van der Waals surface area contributed by atoms with E-state index in [1.165, 1.54) is 24.8 Å². The van der Waals surface area contributed by atoms with Gasteiger partial charge in [-0.2, -0.15) is 0 Å². The lowest BCUT2D eigenvalue weighted by molar-refractivity contribution is -0.00744. The zero-order chi connectivity index (χ0) is 19.4. The van der Waals surface area contributed by atoms with Gasteiger partial charge in [0.1, 0.15) is 12.0 Å². The van der Waals surface area contributed by atoms with Crippen molar-refractivity contribution in [1.29, 1.82) is 0 Å². The van der Waals surface area contributed by atoms with Crippen molar-refractivity contribution >= 4 is 5.91 Å². The summed E-state index contributed by atoms with van der Waals surface area (Å²) in [6, 6.07) is 9.89. The number of imidazole rings is 1. The first-order chi connectivity index (χ1) is 14.2. The quantitative estimate of drug-likeness (QED) is 0.677. The highest BCUT2D eigenvalue weighted by atomic mass is 16.5. The predicted molar refractivity (Wildman–Crippen MR) is 107 cm³/mol. The number of hydrogen-bond acceptors (Lipinski definition) is 4. The number of furan rings is 1. The Kier molecular flexibility index (Phi) is 3.63. The van der Waals surface area contributed by atoms with Crippen LogP contribution in [0.3, 0.4) is 0 Å². The number of likely N-dealkylation sites (tertiary alicyclic amines) is 1. The molecule has 0 radical (unpaired) electrons. The van der Waals surface area contributed by atoms with Gasteiger partial charge < -0.3 is 18.6 Å². The minimum Gasteiger partial charge on any atom is -0.480 e. The second kappa shape index (κ2) is 6.24. The Morgan fingerprint density at radius 1 is 1.17 bits per heavy atom. The molecule has 2 fully saturated rings. The molecule has 0 unspecified atom stereocenters. The van der Waals surface area contributed by atoms with Crippen LogP contribution in [-0.2, 0) is 12.1 Å². The predicted octanol–water partition coefficient (Wildman–Crippen LogP) is 4.08. The molecule has 1 saturated carbocycles. The number of hydrogen-bond donors (Lipinski definition) is 0. The summed E-state index contributed by atoms with van der Waals surface area (Å²) >= 11 is 0. The summed E-state index contributed by atoms with van der Waals surface area (Å²) in [5.74, 6) is 1.67. The molecule has 0 atom stereocenters. The van der Waals surface area contributed by atoms with Crippen LogP contribution in [0, 0.1) is 5.92 Å². The molecule has 1 aliphatic carbocycles. The Balaban J connectivity index is 1.35. The number of piperidine rings is 1. The third-order valence-corrected chi connectivity index (χ3v) is 6.50. The number of benzene rings is 1. The number of ether oxygens (including phenoxy) is 1. The molecule has 1 saturated heterocycles. The van der Waals surface area contributed by atoms with Gasteiger partial charge in [-0.15, -0.1) is 0 Å². The van der Waals surface area contributed by atoms with Crippen molar-refractivity contribution in [3.05, 3.63) is 60.4 Å². The molecule has 1 spiro atoms. The topological polar surface area (TPSA) is 60.5 Å². The van der Waals surface area contributed by atoms with Crippen LogP contribution in [0.4, 0.5) is 0 Å². The maximum Gasteiger partial charge on any atom is 0.257 e. The summed E-state index contributed by atoms with van der Waals surface area (Å²) in [5, 5.41) is 0. The number of carbonyl (C=O) groups excluding carboxylic acids is 1. The summed E-state index contributed by atoms with van der Waals surface area (Å²) in [6.07, 6.45) is 9.15. The Bertz CT molecular complexity index is 1060. The third-order valence-electron chi connectivity index (χ3n) is 6.50. The van der Waals surface area contributed by atoms with Crippen molar-refractivity contribution in [1.82, 2.24) is 14.5 Å². The van der Waals surface area contributed by atoms with Crippen molar-refractivity contribution in [3.8, 4) is 17.0 Å². The average Bonchev–Trinajstić information content (AvgIpc) is 3.22. The van der Waals surface area contributed by atoms with Crippen LogP contribution in [-0.4, -0.2) is 33.4 Å². The van der Waals surface area contributed by atoms with Crippen molar-refractivity contribution < 1.29 is 13.9 Å². The minimum absolute atomic E-state index is 0.0246. The number of para-hydroxylation sites is 1. The van der Waals surface area contributed by atoms with E-state index in [4.69, 9.17) is 14.1 Å². The fourth-order valence-electron chi connectivity index (χ4n) is 4.76. The van der Waals surface area contributed by atoms with Crippen LogP contribution < -0.4 is 4.74 Å². The molecule has 6 rings (SSSR count). The molecule has 0 bridgehead atoms. The lowest BCUT2D eigenvalue weighted by atomic mass is 9.83. The van der Waals surface area contributed by atoms with Gasteiger partial charge >= 0.3 is 0 Å². The molecule has 3 aromatic rings. The van der Waals surface area contributed by atoms with Gasteiger partial charge in [0.05, 0.1) is 29.5 Å². The van der Waals surface area contributed by atoms with E-state index in [0.29, 0.717) is 18.7 Å². The first-order valence-electron chi connectivity index (χ1n) is 10.4. The third kappa shape index (κ3) is 2.69. The van der Waals surface area contributed by atoms with E-state index in [2.05, 4.69) is 10.6 Å². The Hall–Kier alpha value is -3.02. The molecule has 6 heteroatoms. The maximum absolute atomic E-state index is 12.8. The second-order valence-corrected chi connectivity index (χ2v) is 8.43. The molecule has 2 aromatic heterocycles. The lowest BCUT2D eigenvalue weighted by Crippen LogP contribution is -2.50. The second-order valence-electron chi connectivity index (χ2n) is 8.43. The highest BCUT2D eigenvalue weighted by molar-refractivity contribution is 5.93. The van der Waals surface area contributed by atoms with Crippen LogP contribution in [0.2, 0.25) is 0 Å². The first kappa shape index (κ1) is 16.9. The summed E-state index contributed by atoms with van der Waals surface area (Å²) in [7, 11) is 0. The van der Waals surface area contributed by atoms with Gasteiger partial charge in [-0.25, -0.2) is 4.98 Å². The molecule has 4 heterocycles. The van der Waals surface area contributed by atoms with Crippen LogP contribution in [0.1, 0.15) is 41.7 Å². The molecular weight excluding hydrogens is 366 g/mol. The van der Waals surface area contributed by atoms with E-state index in [1.54, 1.807) is 12.3 Å². The first-order valence-corrected chi connectivity index (χ1v) is 10.4. The number of nitrogens with zero attached hydrogens (tertiary/aromatic N) is 3. The van der Waals surface area contributed by atoms with Crippen LogP contribution in [0.5, 0.6) is 5.75 Å². The van der Waals surface area contributed by atoms with Gasteiger partial charge in [0.2, 0.25) is 0 Å². The van der Waals surface area contributed by atoms with Crippen molar-refractivity contribution in [2.24, 2.45) is 5.92 Å². The highest BCUT2D eigenvalue weighted by Crippen LogP contribution is 2.49. The van der Waals surface area contributed by atoms with Crippen molar-refractivity contribution in [2.45, 2.75) is 37.8 Å². The summed E-state index contributed by atoms with van der Waals surface area (Å²) in [5.41, 5.74) is 3.48. The van der Waals surface area contributed by atoms with Gasteiger partial charge in [-0.05, 0) is 37.0 Å². The molecule has 6 nitrogen and oxygen atoms in total. The van der Waals surface area contributed by atoms with Gasteiger partial charge in [0.15, 0.2) is 5.60 Å². The van der Waals surface area contributed by atoms with E-state index >= 15 is 0 Å². The van der Waals surface area contributed by atoms with Gasteiger partial charge in [0.25, 0.3) is 5.91 Å². The Labute approximate surface area is 169 Å². The SMILES string of the molecule is O=C(c1ccoc1)N1CCC2(CC1)Oc1ccccc1-c1ncn(CC3CC3)c12. The number of fused-ring (bicyclic) bond motifs is 4. The van der Waals surface area contributed by atoms with E-state index in [0.717, 1.165) is 42.3 Å². The fourth-order valence-corrected chi connectivity index (χ4v) is 4.76. The molecule has 1 amide bonds. The zero-order valence-electron chi connectivity index (χ0n) is 16.2. The summed E-state index contributed by atoms with van der Waals surface area (Å²) in [4.78, 5) is 19.5. The molecule has 0 N–H and O–H groups in total. The van der Waals surface area contributed by atoms with E-state index in [9.17, 15) is 4.79 Å². The molecule has 29 heavy (non-hydrogen) atoms. The normalized spacial score (nSPS) is 19.5. The Morgan fingerprint density at radius 2 is 2.00 bits per heavy atom. The van der Waals surface area contributed by atoms with E-state index in [-0.39, 0.29) is 5.91 Å². The molecular formula is C23H23N3O3. The van der Waals surface area contributed by atoms with Gasteiger partial charge in [0, 0.05) is 38.0 Å². The lowest BCUT2D eigenvalue weighted by Gasteiger charge is -2.44. The number of amides is 1. The maximum atomic E-state index is 12.8. The van der Waals surface area contributed by atoms with E-state index in [1.807, 2.05) is 29.4 Å². The number of rotatable bonds is 3. The molecule has 2 aliphatic heterocycles. The van der Waals surface area contributed by atoms with Crippen molar-refractivity contribution in [2.75, 3.05) is 13.1 Å². The average molecular weight is 389 g/mol. The van der Waals surface area contributed by atoms with Crippen LogP contribution in [0.25, 0.3) is 11.3 Å². The minimum atomic E-state index is -0.428. The number of carbonyl (C=O) groups is 1. The highest BCUT2D eigenvalue weighted by Gasteiger charge is 2.47. The molecule has 148 valence electrons. The van der Waals surface area contributed by atoms with Gasteiger partial charge in [-0.3, -0.25) is 4.79 Å². The standard InChI is InChI=1S/C23H23N3O3/c27-22(17-7-12-28-14-17)25-10-8-23(9-11-25)21-20(18-3-1-2-4-19(18)29-23)24-15-26(21)13-16-5-6-16/h1-4,7,12,14-16H,5-6,8-11,13H2. The fraction of sp³-hybridized carbons (Fsp3) is 0.391. The Morgan fingerprint density at radius 3 is 2.76 bits per heavy atom. The van der Waals surface area contributed by atoms with E-state index < -0.39 is 5.60 Å². The summed E-state index contributed by atoms with van der Waals surface area (Å²) in [6.45, 7) is 2.31. The monoisotopic (exact) mass is 389 g/mol. The largest absolute Gasteiger partial charge is 0.480 e. The smallest absolute Gasteiger partial charge is 0.257 e. The van der Waals surface area contributed by atoms with Crippen LogP contribution >= 0.6 is 0 Å². The summed E-state index contributed by atoms with van der Waals surface area (Å²) < 4.78 is 14.1. The molecule has 3 aliphatic rings. The van der Waals surface area contributed by atoms with Crippen LogP contribution in [0.15, 0.2) is 53.6 Å². The zero-order valence-corrected chi connectivity index (χ0v) is 16.2. The molecule has 1 aromatic carbocycles. The number of aromatic nitrogens is 2. The van der Waals surface area contributed by atoms with Gasteiger partial charge in [-0.1, -0.05) is 12.1 Å².